The number of unbranched alkanes of at least 4 members (excludes halogenated alkanes) is 2. The number of hydrogen-bond acceptors (Lipinski definition) is 3. The number of phenolic OH excluding ortho intramolecular Hbond substituents is 1. The number of carboxylic acid groups (broad SMARTS) is 1. The van der Waals surface area contributed by atoms with Gasteiger partial charge in [-0.2, -0.15) is 0 Å². The van der Waals surface area contributed by atoms with E-state index in [4.69, 9.17) is 19.7 Å². The van der Waals surface area contributed by atoms with Gasteiger partial charge in [0, 0.05) is 20.1 Å². The molecule has 4 nitrogen and oxygen atoms in total. The fourth-order valence-corrected chi connectivity index (χ4v) is 1.02. The molecule has 20 heavy (non-hydrogen) atoms. The summed E-state index contributed by atoms with van der Waals surface area (Å²) >= 11 is 0. The Labute approximate surface area is 122 Å². The zero-order chi connectivity index (χ0) is 15.6. The second-order valence-electron chi connectivity index (χ2n) is 4.17. The molecule has 0 saturated heterocycles. The first-order valence-electron chi connectivity index (χ1n) is 7.05. The molecule has 0 atom stereocenters. The highest BCUT2D eigenvalue weighted by atomic mass is 16.5. The topological polar surface area (TPSA) is 66.8 Å². The number of benzene rings is 1. The molecular weight excluding hydrogens is 256 g/mol. The van der Waals surface area contributed by atoms with Gasteiger partial charge in [-0.05, 0) is 25.0 Å². The summed E-state index contributed by atoms with van der Waals surface area (Å²) in [4.78, 5) is 9.00. The molecule has 0 aliphatic rings. The fourth-order valence-electron chi connectivity index (χ4n) is 1.02. The largest absolute Gasteiger partial charge is 0.508 e. The molecule has 0 aromatic heterocycles. The molecule has 0 radical (unpaired) electrons. The third-order valence-corrected chi connectivity index (χ3v) is 2.04. The van der Waals surface area contributed by atoms with E-state index in [0.717, 1.165) is 20.1 Å². The van der Waals surface area contributed by atoms with E-state index in [0.29, 0.717) is 5.75 Å². The maximum absolute atomic E-state index is 9.00. The number of carbonyl (C=O) groups is 1. The summed E-state index contributed by atoms with van der Waals surface area (Å²) < 4.78 is 5.31. The molecule has 0 aliphatic heterocycles. The van der Waals surface area contributed by atoms with Crippen LogP contribution in [0.1, 0.15) is 46.5 Å². The molecule has 0 aliphatic carbocycles. The Morgan fingerprint density at radius 2 is 1.45 bits per heavy atom. The molecule has 1 rings (SSSR count). The van der Waals surface area contributed by atoms with Crippen molar-refractivity contribution in [1.29, 1.82) is 0 Å². The normalized spacial score (nSPS) is 8.75. The maximum Gasteiger partial charge on any atom is 0.300 e. The Bertz CT molecular complexity index is 289. The number of rotatable bonds is 6. The van der Waals surface area contributed by atoms with Crippen LogP contribution in [0.15, 0.2) is 30.3 Å². The van der Waals surface area contributed by atoms with E-state index >= 15 is 0 Å². The highest BCUT2D eigenvalue weighted by Crippen LogP contribution is 2.02. The number of carboxylic acids is 1. The molecule has 1 aromatic rings. The lowest BCUT2D eigenvalue weighted by Gasteiger charge is -1.99. The quantitative estimate of drug-likeness (QED) is 0.772. The van der Waals surface area contributed by atoms with Gasteiger partial charge < -0.3 is 14.9 Å². The Morgan fingerprint density at radius 3 is 1.70 bits per heavy atom. The summed E-state index contributed by atoms with van der Waals surface area (Å²) in [6, 6.07) is 8.71. The molecule has 0 heterocycles. The van der Waals surface area contributed by atoms with E-state index < -0.39 is 5.97 Å². The van der Waals surface area contributed by atoms with Crippen molar-refractivity contribution in [3.63, 3.8) is 0 Å². The van der Waals surface area contributed by atoms with Crippen LogP contribution in [0.25, 0.3) is 0 Å². The Balaban J connectivity index is 0. The van der Waals surface area contributed by atoms with Gasteiger partial charge in [0.1, 0.15) is 5.75 Å². The lowest BCUT2D eigenvalue weighted by Crippen LogP contribution is -1.95. The molecule has 0 bridgehead atoms. The van der Waals surface area contributed by atoms with Crippen molar-refractivity contribution in [3.8, 4) is 5.75 Å². The third kappa shape index (κ3) is 25.3. The van der Waals surface area contributed by atoms with Gasteiger partial charge in [0.05, 0.1) is 0 Å². The highest BCUT2D eigenvalue weighted by Gasteiger charge is 1.84. The maximum atomic E-state index is 9.00. The number of aromatic hydroxyl groups is 1. The molecule has 2 N–H and O–H groups in total. The first kappa shape index (κ1) is 20.8. The average molecular weight is 284 g/mol. The minimum Gasteiger partial charge on any atom is -0.508 e. The van der Waals surface area contributed by atoms with Gasteiger partial charge in [-0.1, -0.05) is 44.9 Å². The molecule has 116 valence electrons. The van der Waals surface area contributed by atoms with Gasteiger partial charge in [0.15, 0.2) is 0 Å². The summed E-state index contributed by atoms with van der Waals surface area (Å²) in [5, 5.41) is 16.0. The molecule has 0 unspecified atom stereocenters. The number of phenols is 1. The number of ether oxygens (including phenoxy) is 1. The number of aliphatic carboxylic acids is 1. The predicted octanol–water partition coefficient (Wildman–Crippen LogP) is 4.09. The second kappa shape index (κ2) is 17.4. The van der Waals surface area contributed by atoms with Crippen LogP contribution >= 0.6 is 0 Å². The van der Waals surface area contributed by atoms with E-state index in [1.165, 1.54) is 25.7 Å². The zero-order valence-corrected chi connectivity index (χ0v) is 12.8. The van der Waals surface area contributed by atoms with E-state index in [1.54, 1.807) is 24.3 Å². The molecule has 1 aromatic carbocycles. The van der Waals surface area contributed by atoms with E-state index in [2.05, 4.69) is 13.8 Å². The van der Waals surface area contributed by atoms with Crippen LogP contribution in [0.3, 0.4) is 0 Å². The highest BCUT2D eigenvalue weighted by molar-refractivity contribution is 5.62. The first-order valence-corrected chi connectivity index (χ1v) is 7.05. The molecule has 0 fully saturated rings. The van der Waals surface area contributed by atoms with E-state index in [1.807, 2.05) is 6.07 Å². The van der Waals surface area contributed by atoms with Crippen molar-refractivity contribution in [2.24, 2.45) is 0 Å². The van der Waals surface area contributed by atoms with Gasteiger partial charge in [-0.25, -0.2) is 0 Å². The summed E-state index contributed by atoms with van der Waals surface area (Å²) in [6.45, 7) is 7.36. The lowest BCUT2D eigenvalue weighted by molar-refractivity contribution is -0.134. The standard InChI is InChI=1S/C8H18O.C6H6O.C2H4O2/c1-3-5-7-9-8-6-4-2;7-6-4-2-1-3-5-6;1-2(3)4/h3-8H2,1-2H3;1-5,7H;1H3,(H,3,4). The lowest BCUT2D eigenvalue weighted by atomic mass is 10.3. The van der Waals surface area contributed by atoms with Gasteiger partial charge in [-0.15, -0.1) is 0 Å². The second-order valence-corrected chi connectivity index (χ2v) is 4.17. The molecular formula is C16H28O4. The number of hydrogen-bond donors (Lipinski definition) is 2. The smallest absolute Gasteiger partial charge is 0.300 e. The van der Waals surface area contributed by atoms with Gasteiger partial charge in [0.25, 0.3) is 5.97 Å². The summed E-state index contributed by atoms with van der Waals surface area (Å²) in [5.41, 5.74) is 0. The average Bonchev–Trinajstić information content (AvgIpc) is 2.40. The van der Waals surface area contributed by atoms with Crippen molar-refractivity contribution >= 4 is 5.97 Å². The predicted molar refractivity (Wildman–Crippen MR) is 82.1 cm³/mol. The monoisotopic (exact) mass is 284 g/mol. The van der Waals surface area contributed by atoms with Crippen molar-refractivity contribution in [2.75, 3.05) is 13.2 Å². The summed E-state index contributed by atoms with van der Waals surface area (Å²) in [7, 11) is 0. The van der Waals surface area contributed by atoms with Crippen molar-refractivity contribution in [1.82, 2.24) is 0 Å². The zero-order valence-electron chi connectivity index (χ0n) is 12.8. The Hall–Kier alpha value is -1.55. The van der Waals surface area contributed by atoms with Gasteiger partial charge in [-0.3, -0.25) is 4.79 Å². The van der Waals surface area contributed by atoms with Crippen LogP contribution in [0.2, 0.25) is 0 Å². The molecule has 0 amide bonds. The Kier molecular flexibility index (Phi) is 18.1. The van der Waals surface area contributed by atoms with Crippen molar-refractivity contribution in [3.05, 3.63) is 30.3 Å². The van der Waals surface area contributed by atoms with Crippen LogP contribution in [-0.4, -0.2) is 29.4 Å². The van der Waals surface area contributed by atoms with Crippen LogP contribution < -0.4 is 0 Å². The van der Waals surface area contributed by atoms with Crippen LogP contribution in [0.5, 0.6) is 5.75 Å². The van der Waals surface area contributed by atoms with Crippen molar-refractivity contribution in [2.45, 2.75) is 46.5 Å². The van der Waals surface area contributed by atoms with Gasteiger partial charge >= 0.3 is 0 Å². The minimum atomic E-state index is -0.833. The first-order chi connectivity index (χ1) is 9.54. The van der Waals surface area contributed by atoms with E-state index in [-0.39, 0.29) is 0 Å². The summed E-state index contributed by atoms with van der Waals surface area (Å²) in [6.07, 6.45) is 4.91. The van der Waals surface area contributed by atoms with Crippen LogP contribution in [0.4, 0.5) is 0 Å². The van der Waals surface area contributed by atoms with Gasteiger partial charge in [0.2, 0.25) is 0 Å². The minimum absolute atomic E-state index is 0.322. The molecule has 4 heteroatoms. The fraction of sp³-hybridized carbons (Fsp3) is 0.562. The Morgan fingerprint density at radius 1 is 1.05 bits per heavy atom. The van der Waals surface area contributed by atoms with E-state index in [9.17, 15) is 0 Å². The van der Waals surface area contributed by atoms with Crippen LogP contribution in [0, 0.1) is 0 Å². The number of para-hydroxylation sites is 1. The molecule has 0 spiro atoms. The van der Waals surface area contributed by atoms with Crippen LogP contribution in [-0.2, 0) is 9.53 Å². The molecule has 0 saturated carbocycles. The SMILES string of the molecule is CC(=O)O.CCCCOCCCC.Oc1ccccc1. The third-order valence-electron chi connectivity index (χ3n) is 2.04. The summed E-state index contributed by atoms with van der Waals surface area (Å²) in [5.74, 6) is -0.512. The van der Waals surface area contributed by atoms with Crippen molar-refractivity contribution < 1.29 is 19.7 Å².